The quantitative estimate of drug-likeness (QED) is 0.0676. The number of hydrogen-bond acceptors (Lipinski definition) is 14. The van der Waals surface area contributed by atoms with Gasteiger partial charge in [0.05, 0.1) is 47.5 Å². The highest BCUT2D eigenvalue weighted by atomic mass is 16.7. The normalized spacial score (nSPS) is 29.1. The van der Waals surface area contributed by atoms with Gasteiger partial charge in [0.25, 0.3) is 11.7 Å². The number of ether oxygens (including phenoxy) is 4. The Labute approximate surface area is 349 Å². The van der Waals surface area contributed by atoms with Gasteiger partial charge >= 0.3 is 11.8 Å². The average molecular weight is 835 g/mol. The van der Waals surface area contributed by atoms with E-state index in [-0.39, 0.29) is 51.0 Å². The predicted molar refractivity (Wildman–Crippen MR) is 222 cm³/mol. The molecule has 3 aromatic rings. The zero-order chi connectivity index (χ0) is 44.2. The van der Waals surface area contributed by atoms with E-state index in [0.717, 1.165) is 0 Å². The number of aryl methyl sites for hydroxylation is 1. The van der Waals surface area contributed by atoms with Gasteiger partial charge in [0.2, 0.25) is 0 Å². The second kappa shape index (κ2) is 18.9. The van der Waals surface area contributed by atoms with Crippen molar-refractivity contribution < 1.29 is 58.9 Å². The van der Waals surface area contributed by atoms with E-state index in [9.17, 15) is 39.9 Å². The molecule has 0 spiro atoms. The fourth-order valence-corrected chi connectivity index (χ4v) is 7.98. The van der Waals surface area contributed by atoms with Crippen LogP contribution < -0.4 is 15.4 Å². The van der Waals surface area contributed by atoms with Crippen molar-refractivity contribution in [3.05, 3.63) is 71.6 Å². The Bertz CT molecular complexity index is 2170. The van der Waals surface area contributed by atoms with Gasteiger partial charge in [-0.1, -0.05) is 45.9 Å². The molecule has 7 N–H and O–H groups in total. The van der Waals surface area contributed by atoms with Crippen LogP contribution >= 0.6 is 0 Å². The van der Waals surface area contributed by atoms with Crippen molar-refractivity contribution in [3.63, 3.8) is 0 Å². The zero-order valence-electron chi connectivity index (χ0n) is 35.6. The molecule has 1 aromatic heterocycles. The van der Waals surface area contributed by atoms with Crippen molar-refractivity contribution in [1.82, 2.24) is 14.9 Å². The summed E-state index contributed by atoms with van der Waals surface area (Å²) in [6.45, 7) is 13.6. The molecule has 9 atom stereocenters. The maximum atomic E-state index is 14.4. The van der Waals surface area contributed by atoms with E-state index in [0.29, 0.717) is 19.5 Å². The average Bonchev–Trinajstić information content (AvgIpc) is 3.83. The number of phenols is 3. The minimum Gasteiger partial charge on any atom is -0.507 e. The van der Waals surface area contributed by atoms with Gasteiger partial charge in [0.15, 0.2) is 5.75 Å². The molecular formula is C44H58N4O12. The van der Waals surface area contributed by atoms with Crippen LogP contribution in [0.2, 0.25) is 0 Å². The lowest BCUT2D eigenvalue weighted by Crippen LogP contribution is -2.46. The number of aliphatic hydroxyl groups is 2. The van der Waals surface area contributed by atoms with Crippen LogP contribution in [0.3, 0.4) is 0 Å². The number of phenolic OH excluding ortho intramolecular Hbond substituents is 3. The van der Waals surface area contributed by atoms with E-state index in [1.54, 1.807) is 52.4 Å². The molecule has 1 amide bonds. The summed E-state index contributed by atoms with van der Waals surface area (Å²) in [5.41, 5.74) is -0.0456. The summed E-state index contributed by atoms with van der Waals surface area (Å²) < 4.78 is 25.5. The van der Waals surface area contributed by atoms with Crippen molar-refractivity contribution in [1.29, 1.82) is 0 Å². The van der Waals surface area contributed by atoms with Gasteiger partial charge in [-0.25, -0.2) is 4.98 Å². The van der Waals surface area contributed by atoms with Crippen molar-refractivity contribution in [2.75, 3.05) is 19.0 Å². The van der Waals surface area contributed by atoms with Crippen LogP contribution in [-0.2, 0) is 36.9 Å². The molecule has 16 heteroatoms. The highest BCUT2D eigenvalue weighted by Crippen LogP contribution is 2.55. The molecule has 16 nitrogen and oxygen atoms in total. The monoisotopic (exact) mass is 834 g/mol. The fourth-order valence-electron chi connectivity index (χ4n) is 7.98. The number of aliphatic hydroxyl groups excluding tert-OH is 2. The van der Waals surface area contributed by atoms with E-state index in [2.05, 4.69) is 15.6 Å². The van der Waals surface area contributed by atoms with Crippen LogP contribution in [0.1, 0.15) is 76.4 Å². The van der Waals surface area contributed by atoms with Crippen molar-refractivity contribution in [2.24, 2.45) is 23.7 Å². The number of hydrogen-bond donors (Lipinski definition) is 7. The first-order valence-electron chi connectivity index (χ1n) is 20.1. The van der Waals surface area contributed by atoms with E-state index >= 15 is 0 Å². The van der Waals surface area contributed by atoms with Gasteiger partial charge in [0.1, 0.15) is 23.4 Å². The van der Waals surface area contributed by atoms with Gasteiger partial charge in [-0.15, -0.1) is 0 Å². The van der Waals surface area contributed by atoms with Gasteiger partial charge < -0.3 is 59.7 Å². The molecule has 6 rings (SSSR count). The molecule has 3 aliphatic heterocycles. The number of aromatic hydroxyl groups is 3. The highest BCUT2D eigenvalue weighted by molar-refractivity contribution is 6.22. The third kappa shape index (κ3) is 9.16. The summed E-state index contributed by atoms with van der Waals surface area (Å²) in [6.07, 6.45) is 9.47. The minimum absolute atomic E-state index is 0.0410. The van der Waals surface area contributed by atoms with E-state index in [4.69, 9.17) is 18.9 Å². The fraction of sp³-hybridized carbons (Fsp3) is 0.500. The van der Waals surface area contributed by atoms with E-state index in [1.807, 2.05) is 10.8 Å². The number of carbonyl (C=O) groups is 3. The summed E-state index contributed by atoms with van der Waals surface area (Å²) in [7, 11) is 1.44. The number of carbonyl (C=O) groups excluding carboxylic acids is 3. The Morgan fingerprint density at radius 2 is 1.72 bits per heavy atom. The van der Waals surface area contributed by atoms with Crippen LogP contribution in [0.15, 0.2) is 54.9 Å². The Hall–Kier alpha value is -5.42. The summed E-state index contributed by atoms with van der Waals surface area (Å²) in [5, 5.41) is 63.9. The Morgan fingerprint density at radius 3 is 2.37 bits per heavy atom. The number of aromatic nitrogens is 2. The first kappa shape index (κ1) is 45.7. The Balaban J connectivity index is 1.64. The molecule has 0 fully saturated rings. The lowest BCUT2D eigenvalue weighted by atomic mass is 9.78. The number of nitrogens with zero attached hydrogens (tertiary/aromatic N) is 2. The number of amides is 1. The Morgan fingerprint density at radius 1 is 1.00 bits per heavy atom. The van der Waals surface area contributed by atoms with Gasteiger partial charge in [-0.2, -0.15) is 0 Å². The standard InChI is InChI=1S/C44H58N4O12/c1-22-12-10-13-23(2)43(56)47-34-29(20-45-15-11-17-48-18-16-46-21-48)38(53)31-32(39(34)54)37(52)27(6)41-33(31)42(55)44(8,60-41)58-19-14-30(57-9)24(3)40(59-28(7)49)26(5)36(51)25(4)35(22)50/h10,12-14,16,18-19,21-22,24-26,30,35-36,40,45,50-54H,11,15,17,20H2,1-9H3,(H,47,56)/b12-10-,19-14?,23-13-/t22-,24+,25+,26+,30-,35-,36+,40+,44-/m0/s1. The lowest BCUT2D eigenvalue weighted by molar-refractivity contribution is -0.160. The SMILES string of the molecule is CO[C@H]1C=CO[C@@]2(C)Oc3c(C)c(O)c4c(O)c(c(CNCCCn5ccnc5)c(O)c4c3C2=O)NC(=O)/C(C)=C\C=C/[C@H](C)[C@H](O)[C@@H](C)[C@@H](O)[C@@H](C)[C@H](OC(C)=O)[C@@H]1C. The summed E-state index contributed by atoms with van der Waals surface area (Å²) in [6, 6.07) is 0. The number of nitrogens with one attached hydrogen (secondary N) is 2. The van der Waals surface area contributed by atoms with Gasteiger partial charge in [-0.05, 0) is 32.9 Å². The molecule has 0 radical (unpaired) electrons. The summed E-state index contributed by atoms with van der Waals surface area (Å²) in [4.78, 5) is 44.5. The van der Waals surface area contributed by atoms with Crippen LogP contribution in [0.25, 0.3) is 10.8 Å². The summed E-state index contributed by atoms with van der Waals surface area (Å²) in [5.74, 6) is -8.13. The third-order valence-corrected chi connectivity index (χ3v) is 11.7. The maximum Gasteiger partial charge on any atom is 0.312 e. The lowest BCUT2D eigenvalue weighted by Gasteiger charge is -2.38. The molecular weight excluding hydrogens is 776 g/mol. The van der Waals surface area contributed by atoms with E-state index in [1.165, 1.54) is 53.2 Å². The molecule has 2 aromatic carbocycles. The molecule has 0 saturated carbocycles. The smallest absolute Gasteiger partial charge is 0.312 e. The second-order valence-electron chi connectivity index (χ2n) is 16.0. The second-order valence-corrected chi connectivity index (χ2v) is 16.0. The van der Waals surface area contributed by atoms with Crippen molar-refractivity contribution >= 4 is 34.1 Å². The van der Waals surface area contributed by atoms with Crippen LogP contribution in [0, 0.1) is 30.6 Å². The summed E-state index contributed by atoms with van der Waals surface area (Å²) >= 11 is 0. The highest BCUT2D eigenvalue weighted by Gasteiger charge is 2.50. The molecule has 3 aliphatic rings. The molecule has 4 heterocycles. The number of esters is 1. The number of methoxy groups -OCH3 is 1. The van der Waals surface area contributed by atoms with Crippen molar-refractivity contribution in [3.8, 4) is 23.0 Å². The first-order valence-corrected chi connectivity index (χ1v) is 20.1. The molecule has 0 aliphatic carbocycles. The number of Topliss-reactive ketones (excluding diaryl/α,β-unsaturated/α-hetero) is 1. The van der Waals surface area contributed by atoms with Crippen LogP contribution in [0.5, 0.6) is 23.0 Å². The predicted octanol–water partition coefficient (Wildman–Crippen LogP) is 5.13. The van der Waals surface area contributed by atoms with Gasteiger partial charge in [0, 0.05) is 92.2 Å². The van der Waals surface area contributed by atoms with Crippen LogP contribution in [-0.4, -0.2) is 96.6 Å². The van der Waals surface area contributed by atoms with Gasteiger partial charge in [-0.3, -0.25) is 14.4 Å². The number of ketones is 1. The molecule has 0 saturated heterocycles. The maximum absolute atomic E-state index is 14.4. The van der Waals surface area contributed by atoms with Crippen molar-refractivity contribution in [2.45, 2.75) is 105 Å². The largest absolute Gasteiger partial charge is 0.507 e. The molecule has 5 bridgehead atoms. The number of allylic oxidation sites excluding steroid dienone is 2. The van der Waals surface area contributed by atoms with E-state index < -0.39 is 88.8 Å². The number of rotatable bonds is 8. The third-order valence-electron chi connectivity index (χ3n) is 11.7. The molecule has 60 heavy (non-hydrogen) atoms. The van der Waals surface area contributed by atoms with Crippen LogP contribution in [0.4, 0.5) is 5.69 Å². The number of anilines is 1. The minimum atomic E-state index is -2.03. The molecule has 0 unspecified atom stereocenters. The first-order chi connectivity index (χ1) is 28.3. The molecule has 326 valence electrons. The number of benzene rings is 2. The topological polar surface area (TPSA) is 231 Å². The number of fused-ring (bicyclic) bond motifs is 14. The number of imidazole rings is 1. The Kier molecular flexibility index (Phi) is 14.4. The zero-order valence-corrected chi connectivity index (χ0v) is 35.6.